The molecule has 1 aliphatic carbocycles. The molecule has 3 rings (SSSR count). The zero-order valence-electron chi connectivity index (χ0n) is 12.3. The maximum absolute atomic E-state index is 4.66. The molecule has 0 amide bonds. The van der Waals surface area contributed by atoms with Gasteiger partial charge >= 0.3 is 0 Å². The maximum Gasteiger partial charge on any atom is 0.178 e. The fourth-order valence-electron chi connectivity index (χ4n) is 2.32. The molecule has 0 aliphatic heterocycles. The van der Waals surface area contributed by atoms with E-state index in [1.165, 1.54) is 12.8 Å². The SMILES string of the molecule is Cc1cnc(-c2nc(C)cc(CNC3CC3)n2)c(C)c1. The average molecular weight is 268 g/mol. The van der Waals surface area contributed by atoms with E-state index in [4.69, 9.17) is 0 Å². The van der Waals surface area contributed by atoms with Gasteiger partial charge in [0.2, 0.25) is 0 Å². The highest BCUT2D eigenvalue weighted by molar-refractivity contribution is 5.55. The smallest absolute Gasteiger partial charge is 0.178 e. The molecule has 2 heterocycles. The molecular formula is C16H20N4. The van der Waals surface area contributed by atoms with Crippen LogP contribution in [0.3, 0.4) is 0 Å². The van der Waals surface area contributed by atoms with Crippen LogP contribution in [0.2, 0.25) is 0 Å². The normalized spacial score (nSPS) is 14.6. The van der Waals surface area contributed by atoms with Crippen LogP contribution in [0.1, 0.15) is 35.4 Å². The molecule has 0 radical (unpaired) electrons. The molecule has 1 fully saturated rings. The molecule has 0 aromatic carbocycles. The third-order valence-electron chi connectivity index (χ3n) is 3.48. The van der Waals surface area contributed by atoms with Crippen LogP contribution >= 0.6 is 0 Å². The summed E-state index contributed by atoms with van der Waals surface area (Å²) in [5.74, 6) is 0.732. The van der Waals surface area contributed by atoms with Gasteiger partial charge in [0.25, 0.3) is 0 Å². The second-order valence-corrected chi connectivity index (χ2v) is 5.66. The molecule has 0 unspecified atom stereocenters. The molecule has 20 heavy (non-hydrogen) atoms. The van der Waals surface area contributed by atoms with Gasteiger partial charge in [0.05, 0.1) is 5.69 Å². The van der Waals surface area contributed by atoms with Crippen LogP contribution in [-0.4, -0.2) is 21.0 Å². The van der Waals surface area contributed by atoms with E-state index in [1.807, 2.05) is 26.1 Å². The van der Waals surface area contributed by atoms with Gasteiger partial charge in [0.1, 0.15) is 5.69 Å². The number of rotatable bonds is 4. The van der Waals surface area contributed by atoms with Crippen LogP contribution in [0.15, 0.2) is 18.3 Å². The molecule has 4 nitrogen and oxygen atoms in total. The fraction of sp³-hybridized carbons (Fsp3) is 0.438. The van der Waals surface area contributed by atoms with Gasteiger partial charge in [-0.2, -0.15) is 0 Å². The van der Waals surface area contributed by atoms with Crippen molar-refractivity contribution in [3.8, 4) is 11.5 Å². The zero-order chi connectivity index (χ0) is 14.1. The van der Waals surface area contributed by atoms with Crippen molar-refractivity contribution in [1.82, 2.24) is 20.3 Å². The van der Waals surface area contributed by atoms with E-state index >= 15 is 0 Å². The summed E-state index contributed by atoms with van der Waals surface area (Å²) in [6.07, 6.45) is 4.45. The molecule has 1 aliphatic rings. The number of aromatic nitrogens is 3. The van der Waals surface area contributed by atoms with Gasteiger partial charge in [-0.3, -0.25) is 4.98 Å². The van der Waals surface area contributed by atoms with Crippen molar-refractivity contribution in [3.05, 3.63) is 40.8 Å². The van der Waals surface area contributed by atoms with Crippen molar-refractivity contribution in [1.29, 1.82) is 0 Å². The topological polar surface area (TPSA) is 50.7 Å². The van der Waals surface area contributed by atoms with Crippen molar-refractivity contribution >= 4 is 0 Å². The first-order valence-corrected chi connectivity index (χ1v) is 7.13. The zero-order valence-corrected chi connectivity index (χ0v) is 12.3. The van der Waals surface area contributed by atoms with Gasteiger partial charge in [-0.05, 0) is 50.8 Å². The second kappa shape index (κ2) is 5.29. The Balaban J connectivity index is 1.91. The van der Waals surface area contributed by atoms with E-state index in [0.29, 0.717) is 6.04 Å². The largest absolute Gasteiger partial charge is 0.308 e. The Morgan fingerprint density at radius 2 is 1.95 bits per heavy atom. The monoisotopic (exact) mass is 268 g/mol. The Morgan fingerprint density at radius 3 is 2.65 bits per heavy atom. The van der Waals surface area contributed by atoms with Crippen molar-refractivity contribution in [2.75, 3.05) is 0 Å². The highest BCUT2D eigenvalue weighted by Crippen LogP contribution is 2.21. The summed E-state index contributed by atoms with van der Waals surface area (Å²) in [4.78, 5) is 13.7. The second-order valence-electron chi connectivity index (χ2n) is 5.66. The fourth-order valence-corrected chi connectivity index (χ4v) is 2.32. The lowest BCUT2D eigenvalue weighted by molar-refractivity contribution is 0.672. The number of hydrogen-bond acceptors (Lipinski definition) is 4. The van der Waals surface area contributed by atoms with Crippen LogP contribution in [0.4, 0.5) is 0 Å². The molecule has 104 valence electrons. The lowest BCUT2D eigenvalue weighted by Crippen LogP contribution is -2.17. The van der Waals surface area contributed by atoms with E-state index in [-0.39, 0.29) is 0 Å². The summed E-state index contributed by atoms with van der Waals surface area (Å²) in [6.45, 7) is 6.93. The van der Waals surface area contributed by atoms with Crippen molar-refractivity contribution in [3.63, 3.8) is 0 Å². The first-order valence-electron chi connectivity index (χ1n) is 7.13. The van der Waals surface area contributed by atoms with Gasteiger partial charge < -0.3 is 5.32 Å². The summed E-state index contributed by atoms with van der Waals surface area (Å²) >= 11 is 0. The first kappa shape index (κ1) is 13.2. The Morgan fingerprint density at radius 1 is 1.15 bits per heavy atom. The molecule has 0 atom stereocenters. The van der Waals surface area contributed by atoms with Gasteiger partial charge in [-0.1, -0.05) is 6.07 Å². The predicted molar refractivity (Wildman–Crippen MR) is 79.3 cm³/mol. The van der Waals surface area contributed by atoms with Crippen LogP contribution in [-0.2, 0) is 6.54 Å². The summed E-state index contributed by atoms with van der Waals surface area (Å²) in [5.41, 5.74) is 5.20. The molecule has 0 bridgehead atoms. The Kier molecular flexibility index (Phi) is 3.49. The van der Waals surface area contributed by atoms with Crippen molar-refractivity contribution < 1.29 is 0 Å². The molecular weight excluding hydrogens is 248 g/mol. The van der Waals surface area contributed by atoms with Crippen LogP contribution in [0.5, 0.6) is 0 Å². The number of nitrogens with one attached hydrogen (secondary N) is 1. The van der Waals surface area contributed by atoms with E-state index < -0.39 is 0 Å². The Labute approximate surface area is 119 Å². The number of aryl methyl sites for hydroxylation is 3. The van der Waals surface area contributed by atoms with E-state index in [9.17, 15) is 0 Å². The highest BCUT2D eigenvalue weighted by Gasteiger charge is 2.20. The molecule has 0 saturated heterocycles. The third-order valence-corrected chi connectivity index (χ3v) is 3.48. The molecule has 0 spiro atoms. The Hall–Kier alpha value is -1.81. The minimum absolute atomic E-state index is 0.688. The quantitative estimate of drug-likeness (QED) is 0.926. The predicted octanol–water partition coefficient (Wildman–Crippen LogP) is 2.72. The molecule has 2 aromatic rings. The van der Waals surface area contributed by atoms with E-state index in [0.717, 1.165) is 40.6 Å². The van der Waals surface area contributed by atoms with Gasteiger partial charge in [0.15, 0.2) is 5.82 Å². The molecule has 4 heteroatoms. The van der Waals surface area contributed by atoms with Crippen molar-refractivity contribution in [2.24, 2.45) is 0 Å². The minimum Gasteiger partial charge on any atom is -0.308 e. The molecule has 2 aromatic heterocycles. The van der Waals surface area contributed by atoms with E-state index in [2.05, 4.69) is 33.3 Å². The lowest BCUT2D eigenvalue weighted by Gasteiger charge is -2.08. The summed E-state index contributed by atoms with van der Waals surface area (Å²) in [7, 11) is 0. The summed E-state index contributed by atoms with van der Waals surface area (Å²) < 4.78 is 0. The van der Waals surface area contributed by atoms with Gasteiger partial charge in [0, 0.05) is 24.5 Å². The first-order chi connectivity index (χ1) is 9.61. The third kappa shape index (κ3) is 3.02. The number of hydrogen-bond donors (Lipinski definition) is 1. The van der Waals surface area contributed by atoms with Gasteiger partial charge in [-0.15, -0.1) is 0 Å². The number of nitrogens with zero attached hydrogens (tertiary/aromatic N) is 3. The van der Waals surface area contributed by atoms with Gasteiger partial charge in [-0.25, -0.2) is 9.97 Å². The lowest BCUT2D eigenvalue weighted by atomic mass is 10.1. The van der Waals surface area contributed by atoms with Crippen molar-refractivity contribution in [2.45, 2.75) is 46.2 Å². The summed E-state index contributed by atoms with van der Waals surface area (Å²) in [6, 6.07) is 4.85. The minimum atomic E-state index is 0.688. The van der Waals surface area contributed by atoms with Crippen LogP contribution in [0, 0.1) is 20.8 Å². The standard InChI is InChI=1S/C16H20N4/c1-10-6-11(2)15(18-8-10)16-19-12(3)7-14(20-16)9-17-13-4-5-13/h6-8,13,17H,4-5,9H2,1-3H3. The summed E-state index contributed by atoms with van der Waals surface area (Å²) in [5, 5.41) is 3.49. The molecule has 1 N–H and O–H groups in total. The Bertz CT molecular complexity index is 632. The average Bonchev–Trinajstić information content (AvgIpc) is 3.19. The maximum atomic E-state index is 4.66. The highest BCUT2D eigenvalue weighted by atomic mass is 15.0. The number of pyridine rings is 1. The molecule has 1 saturated carbocycles. The van der Waals surface area contributed by atoms with Crippen LogP contribution in [0.25, 0.3) is 11.5 Å². The van der Waals surface area contributed by atoms with Crippen LogP contribution < -0.4 is 5.32 Å². The van der Waals surface area contributed by atoms with E-state index in [1.54, 1.807) is 0 Å².